The van der Waals surface area contributed by atoms with E-state index in [1.165, 1.54) is 0 Å². The van der Waals surface area contributed by atoms with Crippen LogP contribution in [0.5, 0.6) is 0 Å². The van der Waals surface area contributed by atoms with Crippen LogP contribution in [0.15, 0.2) is 24.3 Å². The van der Waals surface area contributed by atoms with Gasteiger partial charge in [-0.3, -0.25) is 9.69 Å². The summed E-state index contributed by atoms with van der Waals surface area (Å²) in [5.74, 6) is -1.03. The predicted molar refractivity (Wildman–Crippen MR) is 206 cm³/mol. The van der Waals surface area contributed by atoms with Crippen LogP contribution in [-0.2, 0) is 39.9 Å². The van der Waals surface area contributed by atoms with Crippen LogP contribution >= 0.6 is 0 Å². The summed E-state index contributed by atoms with van der Waals surface area (Å²) in [4.78, 5) is 80.6. The van der Waals surface area contributed by atoms with Crippen LogP contribution in [0.2, 0.25) is 0 Å². The molecule has 0 unspecified atom stereocenters. The number of nitrogens with one attached hydrogen (secondary N) is 1. The molecule has 2 atom stereocenters. The number of benzene rings is 1. The smallest absolute Gasteiger partial charge is 0.419 e. The number of hydrogen-bond acceptors (Lipinski definition) is 13. The molecule has 0 saturated heterocycles. The topological polar surface area (TPSA) is 183 Å². The minimum atomic E-state index is -1.03. The lowest BCUT2D eigenvalue weighted by Crippen LogP contribution is -2.57. The lowest BCUT2D eigenvalue weighted by Gasteiger charge is -2.40. The van der Waals surface area contributed by atoms with Crippen molar-refractivity contribution in [3.63, 3.8) is 0 Å². The molecule has 4 amide bonds. The van der Waals surface area contributed by atoms with Crippen LogP contribution in [-0.4, -0.2) is 117 Å². The lowest BCUT2D eigenvalue weighted by atomic mass is 10.0. The first-order chi connectivity index (χ1) is 24.7. The maximum Gasteiger partial charge on any atom is 0.419 e. The Morgan fingerprint density at radius 1 is 0.618 bits per heavy atom. The van der Waals surface area contributed by atoms with E-state index >= 15 is 0 Å². The largest absolute Gasteiger partial charge is 0.480 e. The number of carboxylic acid groups (broad SMARTS) is 1. The molecule has 0 saturated carbocycles. The van der Waals surface area contributed by atoms with Crippen LogP contribution < -0.4 is 5.32 Å². The van der Waals surface area contributed by atoms with Gasteiger partial charge in [0.05, 0.1) is 18.7 Å². The van der Waals surface area contributed by atoms with Gasteiger partial charge in [-0.25, -0.2) is 38.8 Å². The molecule has 0 bridgehead atoms. The Morgan fingerprint density at radius 2 is 1.00 bits per heavy atom. The molecule has 0 aliphatic rings. The molecule has 2 N–H and O–H groups in total. The van der Waals surface area contributed by atoms with Crippen molar-refractivity contribution < 1.29 is 57.8 Å². The number of nitrogens with zero attached hydrogens (tertiary/aromatic N) is 3. The molecule has 1 aromatic rings. The summed E-state index contributed by atoms with van der Waals surface area (Å²) >= 11 is 0. The van der Waals surface area contributed by atoms with E-state index in [1.807, 2.05) is 0 Å². The number of carboxylic acids is 1. The monoisotopic (exact) mass is 782 g/mol. The van der Waals surface area contributed by atoms with Gasteiger partial charge in [-0.2, -0.15) is 0 Å². The van der Waals surface area contributed by atoms with Crippen molar-refractivity contribution in [2.75, 3.05) is 31.7 Å². The number of imide groups is 2. The number of rotatable bonds is 14. The third kappa shape index (κ3) is 20.9. The van der Waals surface area contributed by atoms with E-state index in [9.17, 15) is 24.0 Å². The zero-order valence-electron chi connectivity index (χ0n) is 35.8. The lowest BCUT2D eigenvalue weighted by molar-refractivity contribution is -0.368. The number of carbonyl (C=O) groups excluding carboxylic acids is 4. The average molecular weight is 783 g/mol. The second-order valence-corrected chi connectivity index (χ2v) is 18.3. The van der Waals surface area contributed by atoms with Gasteiger partial charge in [-0.05, 0) is 135 Å². The molecule has 0 aromatic heterocycles. The fourth-order valence-electron chi connectivity index (χ4n) is 4.65. The second kappa shape index (κ2) is 19.6. The first kappa shape index (κ1) is 48.9. The molecule has 1 rings (SSSR count). The van der Waals surface area contributed by atoms with E-state index in [4.69, 9.17) is 33.8 Å². The van der Waals surface area contributed by atoms with Crippen molar-refractivity contribution in [1.29, 1.82) is 0 Å². The molecule has 314 valence electrons. The molecule has 0 spiro atoms. The molecule has 16 nitrogen and oxygen atoms in total. The van der Waals surface area contributed by atoms with Gasteiger partial charge in [-0.1, -0.05) is 12.1 Å². The van der Waals surface area contributed by atoms with Crippen LogP contribution in [0, 0.1) is 0 Å². The fourth-order valence-corrected chi connectivity index (χ4v) is 4.65. The summed E-state index contributed by atoms with van der Waals surface area (Å²) in [5, 5.41) is 11.9. The first-order valence-electron chi connectivity index (χ1n) is 18.3. The Kier molecular flexibility index (Phi) is 17.4. The van der Waals surface area contributed by atoms with E-state index in [0.29, 0.717) is 5.69 Å². The second-order valence-electron chi connectivity index (χ2n) is 18.3. The Hall–Kier alpha value is -4.15. The quantitative estimate of drug-likeness (QED) is 0.0806. The van der Waals surface area contributed by atoms with Crippen LogP contribution in [0.25, 0.3) is 0 Å². The molecule has 1 aromatic carbocycles. The van der Waals surface area contributed by atoms with Crippen LogP contribution in [0.3, 0.4) is 0 Å². The van der Waals surface area contributed by atoms with Gasteiger partial charge in [-0.15, -0.1) is 0 Å². The minimum Gasteiger partial charge on any atom is -0.480 e. The molecule has 0 fully saturated rings. The van der Waals surface area contributed by atoms with Crippen molar-refractivity contribution in [3.8, 4) is 0 Å². The summed E-state index contributed by atoms with van der Waals surface area (Å²) in [5.41, 5.74) is -3.28. The Morgan fingerprint density at radius 3 is 1.35 bits per heavy atom. The van der Waals surface area contributed by atoms with Crippen molar-refractivity contribution in [2.24, 2.45) is 0 Å². The maximum atomic E-state index is 13.7. The molecule has 55 heavy (non-hydrogen) atoms. The standard InChI is InChI=1S/C39H66N4O12/c1-26(23-41(31(46)51-35(2,3)4)32(47)52-36(5,6)7)43(25-50-55-39(14,15)16)29(21-27-17-19-28(20-18-27)40-22-30(44)45)24-42(33(48)53-37(8,9)10)34(49)54-38(11,12)13/h17-20,26,29,40H,21-25H2,1-16H3,(H,44,45)/t26-,29+/m0/s1. The third-order valence-corrected chi connectivity index (χ3v) is 6.71. The van der Waals surface area contributed by atoms with Crippen molar-refractivity contribution in [3.05, 3.63) is 29.8 Å². The number of hydrogen-bond donors (Lipinski definition) is 2. The summed E-state index contributed by atoms with van der Waals surface area (Å²) in [6.07, 6.45) is -3.62. The van der Waals surface area contributed by atoms with Gasteiger partial charge in [0.15, 0.2) is 0 Å². The van der Waals surface area contributed by atoms with Gasteiger partial charge in [0.25, 0.3) is 0 Å². The molecule has 0 radical (unpaired) electrons. The molecule has 0 aliphatic heterocycles. The molecule has 0 aliphatic carbocycles. The van der Waals surface area contributed by atoms with Gasteiger partial charge in [0, 0.05) is 17.8 Å². The summed E-state index contributed by atoms with van der Waals surface area (Å²) in [6, 6.07) is 5.40. The normalized spacial score (nSPS) is 13.7. The van der Waals surface area contributed by atoms with E-state index in [0.717, 1.165) is 15.4 Å². The SMILES string of the molecule is C[C@@H](CN(C(=O)OC(C)(C)C)C(=O)OC(C)(C)C)N(COOC(C)(C)C)[C@H](Cc1ccc(NCC(=O)O)cc1)CN(C(=O)OC(C)(C)C)C(=O)OC(C)(C)C. The highest BCUT2D eigenvalue weighted by atomic mass is 17.2. The van der Waals surface area contributed by atoms with Crippen LogP contribution in [0.1, 0.15) is 116 Å². The maximum absolute atomic E-state index is 13.7. The van der Waals surface area contributed by atoms with E-state index in [1.54, 1.807) is 140 Å². The molecular weight excluding hydrogens is 716 g/mol. The van der Waals surface area contributed by atoms with Crippen molar-refractivity contribution in [1.82, 2.24) is 14.7 Å². The minimum absolute atomic E-state index is 0.170. The number of carbonyl (C=O) groups is 5. The highest BCUT2D eigenvalue weighted by Gasteiger charge is 2.39. The fraction of sp³-hybridized carbons (Fsp3) is 0.718. The Bertz CT molecular complexity index is 1380. The summed E-state index contributed by atoms with van der Waals surface area (Å²) in [6.45, 7) is 26.0. The van der Waals surface area contributed by atoms with Gasteiger partial charge in [0.2, 0.25) is 0 Å². The highest BCUT2D eigenvalue weighted by Crippen LogP contribution is 2.23. The van der Waals surface area contributed by atoms with E-state index in [2.05, 4.69) is 5.32 Å². The van der Waals surface area contributed by atoms with Crippen LogP contribution in [0.4, 0.5) is 24.9 Å². The van der Waals surface area contributed by atoms with E-state index < -0.39 is 70.4 Å². The zero-order chi connectivity index (χ0) is 42.7. The van der Waals surface area contributed by atoms with E-state index in [-0.39, 0.29) is 32.8 Å². The Labute approximate surface area is 327 Å². The number of anilines is 1. The van der Waals surface area contributed by atoms with Crippen molar-refractivity contribution in [2.45, 2.75) is 157 Å². The summed E-state index contributed by atoms with van der Waals surface area (Å²) < 4.78 is 22.5. The average Bonchev–Trinajstić information content (AvgIpc) is 2.95. The number of ether oxygens (including phenoxy) is 4. The summed E-state index contributed by atoms with van der Waals surface area (Å²) in [7, 11) is 0. The molecular formula is C39H66N4O12. The van der Waals surface area contributed by atoms with Gasteiger partial charge < -0.3 is 29.4 Å². The predicted octanol–water partition coefficient (Wildman–Crippen LogP) is 7.83. The number of amides is 4. The van der Waals surface area contributed by atoms with Crippen molar-refractivity contribution >= 4 is 36.0 Å². The third-order valence-electron chi connectivity index (χ3n) is 6.71. The highest BCUT2D eigenvalue weighted by molar-refractivity contribution is 5.89. The van der Waals surface area contributed by atoms with Gasteiger partial charge >= 0.3 is 30.3 Å². The Balaban J connectivity index is 3.92. The molecule has 0 heterocycles. The zero-order valence-corrected chi connectivity index (χ0v) is 35.8. The number of aliphatic carboxylic acids is 1. The molecule has 16 heteroatoms. The first-order valence-corrected chi connectivity index (χ1v) is 18.3. The van der Waals surface area contributed by atoms with Gasteiger partial charge in [0.1, 0.15) is 35.7 Å².